The van der Waals surface area contributed by atoms with E-state index in [0.717, 1.165) is 39.1 Å². The second kappa shape index (κ2) is 6.84. The number of hydrogen-bond donors (Lipinski definition) is 1. The van der Waals surface area contributed by atoms with E-state index in [2.05, 4.69) is 36.3 Å². The van der Waals surface area contributed by atoms with Crippen LogP contribution in [0.2, 0.25) is 0 Å². The third kappa shape index (κ3) is 4.02. The summed E-state index contributed by atoms with van der Waals surface area (Å²) in [5.41, 5.74) is 0.0276. The molecule has 1 aromatic rings. The Morgan fingerprint density at radius 2 is 2.16 bits per heavy atom. The van der Waals surface area contributed by atoms with Crippen LogP contribution in [0.15, 0.2) is 17.5 Å². The van der Waals surface area contributed by atoms with Gasteiger partial charge in [-0.05, 0) is 38.1 Å². The van der Waals surface area contributed by atoms with E-state index in [4.69, 9.17) is 4.74 Å². The molecule has 0 aliphatic carbocycles. The molecule has 0 saturated carbocycles. The van der Waals surface area contributed by atoms with E-state index >= 15 is 0 Å². The molecule has 0 spiro atoms. The Balaban J connectivity index is 2.02. The van der Waals surface area contributed by atoms with Crippen LogP contribution >= 0.6 is 11.3 Å². The fourth-order valence-electron chi connectivity index (χ4n) is 2.63. The van der Waals surface area contributed by atoms with Crippen LogP contribution in [0.3, 0.4) is 0 Å². The Labute approximate surface area is 120 Å². The Morgan fingerprint density at radius 1 is 1.42 bits per heavy atom. The van der Waals surface area contributed by atoms with Gasteiger partial charge in [-0.15, -0.1) is 11.3 Å². The zero-order valence-electron chi connectivity index (χ0n) is 12.0. The lowest BCUT2D eigenvalue weighted by atomic mass is 9.80. The molecule has 0 aromatic carbocycles. The molecule has 3 nitrogen and oxygen atoms in total. The summed E-state index contributed by atoms with van der Waals surface area (Å²) >= 11 is 1.81. The molecule has 0 unspecified atom stereocenters. The minimum atomic E-state index is 0.0276. The first-order valence-corrected chi connectivity index (χ1v) is 7.98. The average Bonchev–Trinajstić information content (AvgIpc) is 2.92. The lowest BCUT2D eigenvalue weighted by molar-refractivity contribution is -0.0400. The van der Waals surface area contributed by atoms with Gasteiger partial charge in [0.25, 0.3) is 0 Å². The van der Waals surface area contributed by atoms with Crippen molar-refractivity contribution >= 4 is 11.3 Å². The van der Waals surface area contributed by atoms with Gasteiger partial charge in [-0.3, -0.25) is 4.90 Å². The van der Waals surface area contributed by atoms with Crippen LogP contribution in [0, 0.1) is 5.41 Å². The van der Waals surface area contributed by atoms with Crippen LogP contribution in [-0.4, -0.2) is 42.4 Å². The number of ether oxygens (including phenoxy) is 1. The molecular weight excluding hydrogens is 258 g/mol. The summed E-state index contributed by atoms with van der Waals surface area (Å²) in [6, 6.07) is 4.79. The second-order valence-electron chi connectivity index (χ2n) is 5.85. The van der Waals surface area contributed by atoms with Gasteiger partial charge in [-0.25, -0.2) is 0 Å². The van der Waals surface area contributed by atoms with Crippen molar-refractivity contribution in [2.75, 3.05) is 26.4 Å². The summed E-state index contributed by atoms with van der Waals surface area (Å²) in [5, 5.41) is 11.9. The predicted molar refractivity (Wildman–Crippen MR) is 79.4 cm³/mol. The molecule has 2 rings (SSSR count). The molecule has 0 amide bonds. The smallest absolute Gasteiger partial charge is 0.0501 e. The molecule has 1 fully saturated rings. The molecule has 0 atom stereocenters. The molecule has 4 heteroatoms. The molecule has 1 aromatic heterocycles. The van der Waals surface area contributed by atoms with E-state index in [-0.39, 0.29) is 12.0 Å². The quantitative estimate of drug-likeness (QED) is 0.871. The molecule has 1 aliphatic heterocycles. The van der Waals surface area contributed by atoms with Gasteiger partial charge < -0.3 is 9.84 Å². The maximum absolute atomic E-state index is 9.82. The summed E-state index contributed by atoms with van der Waals surface area (Å²) in [4.78, 5) is 3.88. The van der Waals surface area contributed by atoms with Crippen LogP contribution in [0.25, 0.3) is 0 Å². The minimum Gasteiger partial charge on any atom is -0.396 e. The highest BCUT2D eigenvalue weighted by Crippen LogP contribution is 2.32. The fourth-order valence-corrected chi connectivity index (χ4v) is 3.35. The maximum Gasteiger partial charge on any atom is 0.0501 e. The molecule has 0 bridgehead atoms. The van der Waals surface area contributed by atoms with E-state index in [1.807, 2.05) is 11.3 Å². The van der Waals surface area contributed by atoms with Crippen LogP contribution in [0.4, 0.5) is 0 Å². The van der Waals surface area contributed by atoms with Crippen molar-refractivity contribution in [3.8, 4) is 0 Å². The fraction of sp³-hybridized carbons (Fsp3) is 0.733. The Kier molecular flexibility index (Phi) is 5.39. The molecule has 19 heavy (non-hydrogen) atoms. The van der Waals surface area contributed by atoms with Crippen LogP contribution in [0.1, 0.15) is 31.6 Å². The first-order chi connectivity index (χ1) is 9.15. The summed E-state index contributed by atoms with van der Waals surface area (Å²) in [6.07, 6.45) is 1.94. The van der Waals surface area contributed by atoms with Crippen molar-refractivity contribution in [1.82, 2.24) is 4.90 Å². The third-order valence-corrected chi connectivity index (χ3v) is 4.96. The molecule has 108 valence electrons. The molecule has 0 radical (unpaired) electrons. The van der Waals surface area contributed by atoms with Gasteiger partial charge in [0.15, 0.2) is 0 Å². The zero-order valence-corrected chi connectivity index (χ0v) is 12.8. The van der Waals surface area contributed by atoms with E-state index in [1.54, 1.807) is 0 Å². The van der Waals surface area contributed by atoms with Crippen molar-refractivity contribution in [2.45, 2.75) is 39.3 Å². The average molecular weight is 283 g/mol. The monoisotopic (exact) mass is 283 g/mol. The van der Waals surface area contributed by atoms with E-state index in [9.17, 15) is 5.11 Å². The van der Waals surface area contributed by atoms with Gasteiger partial charge in [-0.2, -0.15) is 0 Å². The van der Waals surface area contributed by atoms with Crippen molar-refractivity contribution in [2.24, 2.45) is 5.41 Å². The largest absolute Gasteiger partial charge is 0.396 e. The standard InChI is InChI=1S/C15H25NO2S/c1-13(2)16(10-14-4-3-9-19-14)11-15(12-17)5-7-18-8-6-15/h3-4,9,13,17H,5-8,10-12H2,1-2H3. The first-order valence-electron chi connectivity index (χ1n) is 7.10. The maximum atomic E-state index is 9.82. The van der Waals surface area contributed by atoms with Gasteiger partial charge in [-0.1, -0.05) is 6.07 Å². The third-order valence-electron chi connectivity index (χ3n) is 4.10. The van der Waals surface area contributed by atoms with Gasteiger partial charge in [0.1, 0.15) is 0 Å². The lowest BCUT2D eigenvalue weighted by Crippen LogP contribution is -2.45. The Hall–Kier alpha value is -0.420. The van der Waals surface area contributed by atoms with E-state index < -0.39 is 0 Å². The van der Waals surface area contributed by atoms with Gasteiger partial charge in [0, 0.05) is 42.6 Å². The molecule has 1 saturated heterocycles. The number of hydrogen-bond acceptors (Lipinski definition) is 4. The highest BCUT2D eigenvalue weighted by molar-refractivity contribution is 7.09. The molecule has 2 heterocycles. The van der Waals surface area contributed by atoms with Crippen molar-refractivity contribution < 1.29 is 9.84 Å². The number of aliphatic hydroxyl groups is 1. The number of rotatable bonds is 6. The molecular formula is C15H25NO2S. The van der Waals surface area contributed by atoms with Crippen molar-refractivity contribution in [3.63, 3.8) is 0 Å². The summed E-state index contributed by atoms with van der Waals surface area (Å²) in [7, 11) is 0. The van der Waals surface area contributed by atoms with Crippen LogP contribution < -0.4 is 0 Å². The normalized spacial score (nSPS) is 19.2. The van der Waals surface area contributed by atoms with E-state index in [0.29, 0.717) is 6.04 Å². The van der Waals surface area contributed by atoms with Gasteiger partial charge in [0.2, 0.25) is 0 Å². The highest BCUT2D eigenvalue weighted by Gasteiger charge is 2.34. The SMILES string of the molecule is CC(C)N(Cc1cccs1)CC1(CO)CCOCC1. The zero-order chi connectivity index (χ0) is 13.7. The van der Waals surface area contributed by atoms with Crippen LogP contribution in [-0.2, 0) is 11.3 Å². The Morgan fingerprint density at radius 3 is 2.68 bits per heavy atom. The van der Waals surface area contributed by atoms with Crippen molar-refractivity contribution in [3.05, 3.63) is 22.4 Å². The summed E-state index contributed by atoms with van der Waals surface area (Å²) in [5.74, 6) is 0. The number of aliphatic hydroxyl groups excluding tert-OH is 1. The molecule has 1 aliphatic rings. The van der Waals surface area contributed by atoms with Crippen LogP contribution in [0.5, 0.6) is 0 Å². The second-order valence-corrected chi connectivity index (χ2v) is 6.88. The lowest BCUT2D eigenvalue weighted by Gasteiger charge is -2.41. The topological polar surface area (TPSA) is 32.7 Å². The highest BCUT2D eigenvalue weighted by atomic mass is 32.1. The van der Waals surface area contributed by atoms with Gasteiger partial charge in [0.05, 0.1) is 6.61 Å². The predicted octanol–water partition coefficient (Wildman–Crippen LogP) is 2.75. The van der Waals surface area contributed by atoms with Gasteiger partial charge >= 0.3 is 0 Å². The number of thiophene rings is 1. The van der Waals surface area contributed by atoms with E-state index in [1.165, 1.54) is 4.88 Å². The molecule has 1 N–H and O–H groups in total. The van der Waals surface area contributed by atoms with Crippen molar-refractivity contribution in [1.29, 1.82) is 0 Å². The summed E-state index contributed by atoms with van der Waals surface area (Å²) < 4.78 is 5.45. The Bertz CT molecular complexity index is 358. The number of nitrogens with zero attached hydrogens (tertiary/aromatic N) is 1. The summed E-state index contributed by atoms with van der Waals surface area (Å²) in [6.45, 7) is 8.25. The minimum absolute atomic E-state index is 0.0276. The first kappa shape index (κ1) is 15.0.